The minimum absolute atomic E-state index is 0.0681. The van der Waals surface area contributed by atoms with Gasteiger partial charge in [0.15, 0.2) is 11.0 Å². The summed E-state index contributed by atoms with van der Waals surface area (Å²) in [4.78, 5) is 24.4. The van der Waals surface area contributed by atoms with E-state index in [1.54, 1.807) is 18.2 Å². The third-order valence-corrected chi connectivity index (χ3v) is 5.10. The number of nitrogens with one attached hydrogen (secondary N) is 1. The topological polar surface area (TPSA) is 83.1 Å². The summed E-state index contributed by atoms with van der Waals surface area (Å²) in [6.45, 7) is 0. The predicted molar refractivity (Wildman–Crippen MR) is 118 cm³/mol. The number of rotatable bonds is 10. The lowest BCUT2D eigenvalue weighted by atomic mass is 10.0. The molecule has 30 heavy (non-hydrogen) atoms. The van der Waals surface area contributed by atoms with Crippen LogP contribution in [0.25, 0.3) is 11.0 Å². The highest BCUT2D eigenvalue weighted by atomic mass is 16.3. The molecule has 0 spiro atoms. The molecule has 1 amide bonds. The molecule has 3 rings (SSSR count). The lowest BCUT2D eigenvalue weighted by Gasteiger charge is -2.08. The van der Waals surface area contributed by atoms with Crippen molar-refractivity contribution in [1.29, 1.82) is 5.26 Å². The maximum absolute atomic E-state index is 12.3. The predicted octanol–water partition coefficient (Wildman–Crippen LogP) is 5.58. The van der Waals surface area contributed by atoms with E-state index in [-0.39, 0.29) is 22.7 Å². The maximum Gasteiger partial charge on any atom is 0.224 e. The Morgan fingerprint density at radius 3 is 2.43 bits per heavy atom. The minimum atomic E-state index is -0.295. The number of amides is 1. The van der Waals surface area contributed by atoms with E-state index in [2.05, 4.69) is 29.6 Å². The molecule has 0 aliphatic heterocycles. The first-order chi connectivity index (χ1) is 14.7. The molecule has 1 N–H and O–H groups in total. The Bertz CT molecular complexity index is 1080. The Balaban J connectivity index is 1.38. The van der Waals surface area contributed by atoms with Crippen LogP contribution in [0.15, 0.2) is 63.8 Å². The fraction of sp³-hybridized carbons (Fsp3) is 0.320. The van der Waals surface area contributed by atoms with Gasteiger partial charge in [0.05, 0.1) is 11.1 Å². The first kappa shape index (κ1) is 21.3. The van der Waals surface area contributed by atoms with E-state index in [1.807, 2.05) is 12.1 Å². The number of carbonyl (C=O) groups excluding carboxylic acids is 1. The molecule has 2 aromatic carbocycles. The van der Waals surface area contributed by atoms with E-state index < -0.39 is 0 Å². The van der Waals surface area contributed by atoms with Gasteiger partial charge in [-0.05, 0) is 37.0 Å². The van der Waals surface area contributed by atoms with E-state index >= 15 is 0 Å². The summed E-state index contributed by atoms with van der Waals surface area (Å²) in [6, 6.07) is 18.5. The zero-order valence-corrected chi connectivity index (χ0v) is 17.0. The second-order valence-electron chi connectivity index (χ2n) is 7.42. The number of aryl methyl sites for hydroxylation is 1. The fourth-order valence-corrected chi connectivity index (χ4v) is 3.51. The van der Waals surface area contributed by atoms with Crippen LogP contribution < -0.4 is 10.7 Å². The van der Waals surface area contributed by atoms with E-state index in [0.717, 1.165) is 31.7 Å². The molecule has 5 heteroatoms. The number of hydrogen-bond donors (Lipinski definition) is 1. The molecule has 0 atom stereocenters. The molecule has 1 heterocycles. The van der Waals surface area contributed by atoms with Gasteiger partial charge in [0.1, 0.15) is 6.07 Å². The number of para-hydroxylation sites is 1. The molecule has 1 aromatic heterocycles. The number of anilines is 1. The normalized spacial score (nSPS) is 10.6. The van der Waals surface area contributed by atoms with Gasteiger partial charge in [-0.3, -0.25) is 9.59 Å². The molecule has 0 aliphatic rings. The van der Waals surface area contributed by atoms with Crippen molar-refractivity contribution in [3.63, 3.8) is 0 Å². The molecule has 3 aromatic rings. The van der Waals surface area contributed by atoms with Crippen molar-refractivity contribution >= 4 is 22.6 Å². The highest BCUT2D eigenvalue weighted by molar-refractivity contribution is 5.99. The van der Waals surface area contributed by atoms with E-state index in [0.29, 0.717) is 17.5 Å². The number of carbonyl (C=O) groups is 1. The summed E-state index contributed by atoms with van der Waals surface area (Å²) in [5.41, 5.74) is 1.76. The van der Waals surface area contributed by atoms with Crippen LogP contribution in [-0.2, 0) is 11.2 Å². The summed E-state index contributed by atoms with van der Waals surface area (Å²) in [7, 11) is 0. The summed E-state index contributed by atoms with van der Waals surface area (Å²) < 4.78 is 5.46. The lowest BCUT2D eigenvalue weighted by molar-refractivity contribution is -0.116. The summed E-state index contributed by atoms with van der Waals surface area (Å²) in [6.07, 6.45) is 8.08. The van der Waals surface area contributed by atoms with Crippen molar-refractivity contribution in [3.8, 4) is 6.07 Å². The van der Waals surface area contributed by atoms with Crippen LogP contribution >= 0.6 is 0 Å². The molecule has 0 saturated heterocycles. The molecule has 0 saturated carbocycles. The second kappa shape index (κ2) is 11.0. The van der Waals surface area contributed by atoms with Crippen LogP contribution in [0.2, 0.25) is 0 Å². The smallest absolute Gasteiger partial charge is 0.224 e. The number of nitriles is 1. The number of hydrogen-bond acceptors (Lipinski definition) is 4. The maximum atomic E-state index is 12.3. The van der Waals surface area contributed by atoms with Gasteiger partial charge >= 0.3 is 0 Å². The van der Waals surface area contributed by atoms with Gasteiger partial charge < -0.3 is 9.73 Å². The molecule has 0 radical (unpaired) electrons. The zero-order chi connectivity index (χ0) is 21.2. The second-order valence-corrected chi connectivity index (χ2v) is 7.42. The van der Waals surface area contributed by atoms with Crippen LogP contribution in [0.5, 0.6) is 0 Å². The molecule has 5 nitrogen and oxygen atoms in total. The number of fused-ring (bicyclic) bond motifs is 1. The summed E-state index contributed by atoms with van der Waals surface area (Å²) in [5, 5.41) is 12.2. The van der Waals surface area contributed by atoms with Crippen molar-refractivity contribution < 1.29 is 9.21 Å². The number of nitrogens with zero attached hydrogens (tertiary/aromatic N) is 1. The fourth-order valence-electron chi connectivity index (χ4n) is 3.51. The Morgan fingerprint density at radius 2 is 1.67 bits per heavy atom. The Labute approximate surface area is 176 Å². The first-order valence-electron chi connectivity index (χ1n) is 10.5. The van der Waals surface area contributed by atoms with E-state index in [1.165, 1.54) is 24.8 Å². The molecule has 0 unspecified atom stereocenters. The van der Waals surface area contributed by atoms with E-state index in [9.17, 15) is 9.59 Å². The van der Waals surface area contributed by atoms with Gasteiger partial charge in [0.25, 0.3) is 0 Å². The van der Waals surface area contributed by atoms with Crippen LogP contribution in [0.4, 0.5) is 5.69 Å². The third kappa shape index (κ3) is 6.05. The van der Waals surface area contributed by atoms with Crippen LogP contribution in [0.3, 0.4) is 0 Å². The lowest BCUT2D eigenvalue weighted by Crippen LogP contribution is -2.12. The number of benzene rings is 2. The highest BCUT2D eigenvalue weighted by Crippen LogP contribution is 2.22. The Hall–Kier alpha value is -3.39. The van der Waals surface area contributed by atoms with Gasteiger partial charge in [-0.15, -0.1) is 0 Å². The monoisotopic (exact) mass is 402 g/mol. The largest absolute Gasteiger partial charge is 0.443 e. The zero-order valence-electron chi connectivity index (χ0n) is 17.0. The third-order valence-electron chi connectivity index (χ3n) is 5.10. The highest BCUT2D eigenvalue weighted by Gasteiger charge is 2.11. The SMILES string of the molecule is N#Cc1cc(=O)c2cccc(NC(=O)CCCCCCCCc3ccccc3)c2o1. The van der Waals surface area contributed by atoms with Crippen molar-refractivity contribution in [1.82, 2.24) is 0 Å². The van der Waals surface area contributed by atoms with Crippen LogP contribution in [0, 0.1) is 11.3 Å². The van der Waals surface area contributed by atoms with Gasteiger partial charge in [0.2, 0.25) is 11.7 Å². The Morgan fingerprint density at radius 1 is 0.933 bits per heavy atom. The Kier molecular flexibility index (Phi) is 7.79. The first-order valence-corrected chi connectivity index (χ1v) is 10.5. The average Bonchev–Trinajstić information content (AvgIpc) is 2.76. The van der Waals surface area contributed by atoms with Gasteiger partial charge in [-0.25, -0.2) is 0 Å². The van der Waals surface area contributed by atoms with Crippen molar-refractivity contribution in [2.75, 3.05) is 5.32 Å². The molecule has 0 fully saturated rings. The van der Waals surface area contributed by atoms with E-state index in [4.69, 9.17) is 9.68 Å². The minimum Gasteiger partial charge on any atom is -0.443 e. The molecule has 154 valence electrons. The summed E-state index contributed by atoms with van der Waals surface area (Å²) in [5.74, 6) is -0.182. The van der Waals surface area contributed by atoms with Gasteiger partial charge in [-0.2, -0.15) is 5.26 Å². The molecular weight excluding hydrogens is 376 g/mol. The van der Waals surface area contributed by atoms with Crippen LogP contribution in [-0.4, -0.2) is 5.91 Å². The molecular formula is C25H26N2O3. The quantitative estimate of drug-likeness (QED) is 0.449. The van der Waals surface area contributed by atoms with Crippen molar-refractivity contribution in [2.45, 2.75) is 51.4 Å². The summed E-state index contributed by atoms with van der Waals surface area (Å²) >= 11 is 0. The average molecular weight is 402 g/mol. The molecule has 0 aliphatic carbocycles. The molecule has 0 bridgehead atoms. The number of unbranched alkanes of at least 4 members (excludes halogenated alkanes) is 5. The van der Waals surface area contributed by atoms with Crippen LogP contribution in [0.1, 0.15) is 56.3 Å². The van der Waals surface area contributed by atoms with Crippen molar-refractivity contribution in [3.05, 3.63) is 76.1 Å². The standard InChI is InChI=1S/C25H26N2O3/c26-18-20-17-23(28)21-14-10-15-22(25(21)30-20)27-24(29)16-9-4-2-1-3-6-11-19-12-7-5-8-13-19/h5,7-8,10,12-15,17H,1-4,6,9,11,16H2,(H,27,29). The van der Waals surface area contributed by atoms with Gasteiger partial charge in [-0.1, -0.05) is 62.1 Å². The van der Waals surface area contributed by atoms with Gasteiger partial charge in [0, 0.05) is 12.5 Å². The van der Waals surface area contributed by atoms with Crippen molar-refractivity contribution in [2.24, 2.45) is 0 Å².